The first-order valence-corrected chi connectivity index (χ1v) is 7.38. The van der Waals surface area contributed by atoms with Crippen LogP contribution in [0.2, 0.25) is 0 Å². The molecule has 0 bridgehead atoms. The van der Waals surface area contributed by atoms with Gasteiger partial charge in [-0.05, 0) is 42.0 Å². The molecule has 2 rings (SSSR count). The van der Waals surface area contributed by atoms with E-state index in [2.05, 4.69) is 60.9 Å². The lowest BCUT2D eigenvalue weighted by Crippen LogP contribution is -2.16. The Balaban J connectivity index is 2.17. The fraction of sp³-hybridized carbons (Fsp3) is 0.375. The van der Waals surface area contributed by atoms with Crippen LogP contribution in [0.3, 0.4) is 0 Å². The van der Waals surface area contributed by atoms with Crippen molar-refractivity contribution in [2.75, 3.05) is 7.05 Å². The Morgan fingerprint density at radius 2 is 1.83 bits per heavy atom. The number of rotatable bonds is 5. The zero-order valence-corrected chi connectivity index (χ0v) is 12.1. The summed E-state index contributed by atoms with van der Waals surface area (Å²) in [5, 5.41) is 5.52. The van der Waals surface area contributed by atoms with Gasteiger partial charge in [-0.1, -0.05) is 44.2 Å². The van der Waals surface area contributed by atoms with E-state index in [1.54, 1.807) is 11.3 Å². The molecule has 0 aliphatic heterocycles. The van der Waals surface area contributed by atoms with Crippen molar-refractivity contribution in [2.45, 2.75) is 26.3 Å². The molecule has 1 unspecified atom stereocenters. The van der Waals surface area contributed by atoms with Crippen molar-refractivity contribution in [3.8, 4) is 0 Å². The lowest BCUT2D eigenvalue weighted by atomic mass is 9.99. The number of hydrogen-bond donors (Lipinski definition) is 1. The molecule has 0 aliphatic carbocycles. The Labute approximate surface area is 114 Å². The van der Waals surface area contributed by atoms with Crippen LogP contribution in [-0.2, 0) is 6.42 Å². The van der Waals surface area contributed by atoms with Crippen molar-refractivity contribution >= 4 is 11.3 Å². The molecule has 0 radical (unpaired) electrons. The van der Waals surface area contributed by atoms with E-state index in [4.69, 9.17) is 0 Å². The summed E-state index contributed by atoms with van der Waals surface area (Å²) in [6.07, 6.45) is 1.16. The average molecular weight is 259 g/mol. The van der Waals surface area contributed by atoms with Gasteiger partial charge in [0.2, 0.25) is 0 Å². The summed E-state index contributed by atoms with van der Waals surface area (Å²) < 4.78 is 0. The van der Waals surface area contributed by atoms with Crippen LogP contribution in [0.1, 0.15) is 35.9 Å². The summed E-state index contributed by atoms with van der Waals surface area (Å²) in [5.74, 6) is 0.716. The molecule has 2 aromatic rings. The first-order chi connectivity index (χ1) is 8.70. The van der Waals surface area contributed by atoms with Crippen molar-refractivity contribution in [1.29, 1.82) is 0 Å². The van der Waals surface area contributed by atoms with Gasteiger partial charge in [0.15, 0.2) is 0 Å². The van der Waals surface area contributed by atoms with E-state index in [0.717, 1.165) is 6.42 Å². The molecule has 1 N–H and O–H groups in total. The Hall–Kier alpha value is -1.12. The summed E-state index contributed by atoms with van der Waals surface area (Å²) in [6.45, 7) is 4.52. The van der Waals surface area contributed by atoms with Crippen LogP contribution < -0.4 is 5.32 Å². The van der Waals surface area contributed by atoms with E-state index in [9.17, 15) is 0 Å². The Kier molecular flexibility index (Phi) is 4.56. The second-order valence-corrected chi connectivity index (χ2v) is 6.06. The minimum atomic E-state index is 0.318. The smallest absolute Gasteiger partial charge is 0.0668 e. The van der Waals surface area contributed by atoms with Gasteiger partial charge in [0.05, 0.1) is 6.04 Å². The third-order valence-corrected chi connectivity index (χ3v) is 4.01. The molecule has 0 spiro atoms. The number of nitrogens with one attached hydrogen (secondary N) is 1. The molecular weight excluding hydrogens is 238 g/mol. The number of hydrogen-bond acceptors (Lipinski definition) is 2. The summed E-state index contributed by atoms with van der Waals surface area (Å²) in [7, 11) is 2.02. The minimum absolute atomic E-state index is 0.318. The molecule has 2 heteroatoms. The fourth-order valence-electron chi connectivity index (χ4n) is 2.25. The highest BCUT2D eigenvalue weighted by Gasteiger charge is 2.12. The maximum absolute atomic E-state index is 3.39. The number of thiophene rings is 1. The van der Waals surface area contributed by atoms with Crippen molar-refractivity contribution in [1.82, 2.24) is 5.32 Å². The van der Waals surface area contributed by atoms with Gasteiger partial charge in [-0.15, -0.1) is 11.3 Å². The van der Waals surface area contributed by atoms with Crippen LogP contribution in [-0.4, -0.2) is 7.05 Å². The fourth-order valence-corrected chi connectivity index (χ4v) is 3.11. The molecule has 0 saturated heterocycles. The first-order valence-electron chi connectivity index (χ1n) is 6.50. The van der Waals surface area contributed by atoms with E-state index in [1.165, 1.54) is 16.0 Å². The van der Waals surface area contributed by atoms with Gasteiger partial charge in [0.1, 0.15) is 0 Å². The van der Waals surface area contributed by atoms with Gasteiger partial charge >= 0.3 is 0 Å². The van der Waals surface area contributed by atoms with Crippen molar-refractivity contribution in [2.24, 2.45) is 5.92 Å². The quantitative estimate of drug-likeness (QED) is 0.846. The normalized spacial score (nSPS) is 12.9. The topological polar surface area (TPSA) is 12.0 Å². The standard InChI is InChI=1S/C16H21NS/c1-12(2)11-13-6-8-14(9-7-13)16(17-3)15-5-4-10-18-15/h4-10,12,16-17H,11H2,1-3H3. The average Bonchev–Trinajstić information content (AvgIpc) is 2.85. The third-order valence-electron chi connectivity index (χ3n) is 3.07. The number of benzene rings is 1. The molecule has 1 heterocycles. The first kappa shape index (κ1) is 13.3. The maximum atomic E-state index is 3.39. The van der Waals surface area contributed by atoms with E-state index < -0.39 is 0 Å². The van der Waals surface area contributed by atoms with Crippen molar-refractivity contribution in [3.63, 3.8) is 0 Å². The summed E-state index contributed by atoms with van der Waals surface area (Å²) in [6, 6.07) is 13.6. The molecule has 0 aliphatic rings. The Morgan fingerprint density at radius 3 is 2.33 bits per heavy atom. The van der Waals surface area contributed by atoms with Gasteiger partial charge in [-0.25, -0.2) is 0 Å². The van der Waals surface area contributed by atoms with E-state index in [0.29, 0.717) is 12.0 Å². The molecule has 0 amide bonds. The lowest BCUT2D eigenvalue weighted by molar-refractivity contribution is 0.646. The molecule has 0 fully saturated rings. The Bertz CT molecular complexity index is 456. The molecule has 18 heavy (non-hydrogen) atoms. The van der Waals surface area contributed by atoms with Gasteiger partial charge < -0.3 is 5.32 Å². The molecule has 1 atom stereocenters. The SMILES string of the molecule is CNC(c1ccc(CC(C)C)cc1)c1cccs1. The molecular formula is C16H21NS. The summed E-state index contributed by atoms with van der Waals surface area (Å²) in [4.78, 5) is 1.37. The van der Waals surface area contributed by atoms with E-state index in [-0.39, 0.29) is 0 Å². The summed E-state index contributed by atoms with van der Waals surface area (Å²) >= 11 is 1.80. The maximum Gasteiger partial charge on any atom is 0.0668 e. The predicted molar refractivity (Wildman–Crippen MR) is 80.2 cm³/mol. The van der Waals surface area contributed by atoms with Crippen LogP contribution in [0.25, 0.3) is 0 Å². The van der Waals surface area contributed by atoms with Crippen LogP contribution in [0.15, 0.2) is 41.8 Å². The van der Waals surface area contributed by atoms with Gasteiger partial charge in [-0.2, -0.15) is 0 Å². The van der Waals surface area contributed by atoms with E-state index in [1.807, 2.05) is 7.05 Å². The van der Waals surface area contributed by atoms with Crippen LogP contribution in [0.5, 0.6) is 0 Å². The molecule has 1 aromatic carbocycles. The molecule has 1 aromatic heterocycles. The monoisotopic (exact) mass is 259 g/mol. The Morgan fingerprint density at radius 1 is 1.11 bits per heavy atom. The van der Waals surface area contributed by atoms with Crippen molar-refractivity contribution in [3.05, 3.63) is 57.8 Å². The van der Waals surface area contributed by atoms with Gasteiger partial charge in [0.25, 0.3) is 0 Å². The highest BCUT2D eigenvalue weighted by atomic mass is 32.1. The highest BCUT2D eigenvalue weighted by Crippen LogP contribution is 2.26. The molecule has 96 valence electrons. The second-order valence-electron chi connectivity index (χ2n) is 5.08. The lowest BCUT2D eigenvalue weighted by Gasteiger charge is -2.15. The van der Waals surface area contributed by atoms with Gasteiger partial charge in [0, 0.05) is 4.88 Å². The van der Waals surface area contributed by atoms with Crippen molar-refractivity contribution < 1.29 is 0 Å². The zero-order valence-electron chi connectivity index (χ0n) is 11.3. The molecule has 1 nitrogen and oxygen atoms in total. The van der Waals surface area contributed by atoms with E-state index >= 15 is 0 Å². The van der Waals surface area contributed by atoms with Crippen LogP contribution in [0.4, 0.5) is 0 Å². The van der Waals surface area contributed by atoms with Gasteiger partial charge in [-0.3, -0.25) is 0 Å². The van der Waals surface area contributed by atoms with Crippen LogP contribution in [0, 0.1) is 5.92 Å². The second kappa shape index (κ2) is 6.17. The minimum Gasteiger partial charge on any atom is -0.309 e. The largest absolute Gasteiger partial charge is 0.309 e. The van der Waals surface area contributed by atoms with Crippen LogP contribution >= 0.6 is 11.3 Å². The molecule has 0 saturated carbocycles. The predicted octanol–water partition coefficient (Wildman–Crippen LogP) is 4.26. The summed E-state index contributed by atoms with van der Waals surface area (Å²) in [5.41, 5.74) is 2.77. The third kappa shape index (κ3) is 3.21. The highest BCUT2D eigenvalue weighted by molar-refractivity contribution is 7.10. The zero-order chi connectivity index (χ0) is 13.0.